The first kappa shape index (κ1) is 13.8. The van der Waals surface area contributed by atoms with Gasteiger partial charge in [0, 0.05) is 19.0 Å². The molecule has 1 amide bonds. The van der Waals surface area contributed by atoms with E-state index in [-0.39, 0.29) is 11.9 Å². The van der Waals surface area contributed by atoms with Crippen molar-refractivity contribution in [3.63, 3.8) is 0 Å². The van der Waals surface area contributed by atoms with Crippen molar-refractivity contribution in [2.24, 2.45) is 0 Å². The molecule has 0 radical (unpaired) electrons. The van der Waals surface area contributed by atoms with Crippen LogP contribution in [0.4, 0.5) is 5.13 Å². The Morgan fingerprint density at radius 1 is 1.53 bits per heavy atom. The Labute approximate surface area is 115 Å². The average molecular weight is 283 g/mol. The second kappa shape index (κ2) is 6.51. The highest BCUT2D eigenvalue weighted by Gasteiger charge is 2.22. The van der Waals surface area contributed by atoms with Crippen molar-refractivity contribution in [3.8, 4) is 0 Å². The second-order valence-electron chi connectivity index (χ2n) is 4.39. The Morgan fingerprint density at radius 3 is 3.00 bits per heavy atom. The van der Waals surface area contributed by atoms with Gasteiger partial charge in [-0.3, -0.25) is 4.79 Å². The van der Waals surface area contributed by atoms with E-state index >= 15 is 0 Å². The summed E-state index contributed by atoms with van der Waals surface area (Å²) >= 11 is 1.25. The van der Waals surface area contributed by atoms with Crippen LogP contribution >= 0.6 is 11.3 Å². The Bertz CT molecular complexity index is 457. The van der Waals surface area contributed by atoms with Crippen molar-refractivity contribution in [2.75, 3.05) is 19.0 Å². The zero-order valence-corrected chi connectivity index (χ0v) is 11.6. The first-order chi connectivity index (χ1) is 9.19. The number of hydrogen-bond donors (Lipinski definition) is 2. The number of methoxy groups -OCH3 is 1. The van der Waals surface area contributed by atoms with Gasteiger partial charge < -0.3 is 15.4 Å². The van der Waals surface area contributed by atoms with Crippen LogP contribution in [-0.2, 0) is 9.53 Å². The molecule has 0 spiro atoms. The molecule has 1 saturated carbocycles. The van der Waals surface area contributed by atoms with E-state index in [2.05, 4.69) is 20.4 Å². The van der Waals surface area contributed by atoms with E-state index in [1.807, 2.05) is 0 Å². The number of nitrogens with one attached hydrogen (secondary N) is 2. The number of rotatable bonds is 7. The minimum absolute atomic E-state index is 0.110. The number of esters is 1. The van der Waals surface area contributed by atoms with Crippen LogP contribution in [-0.4, -0.2) is 36.6 Å². The molecule has 0 unspecified atom stereocenters. The second-order valence-corrected chi connectivity index (χ2v) is 5.42. The zero-order valence-electron chi connectivity index (χ0n) is 10.8. The predicted molar refractivity (Wildman–Crippen MR) is 72.3 cm³/mol. The molecule has 1 heterocycles. The van der Waals surface area contributed by atoms with Crippen molar-refractivity contribution in [1.29, 1.82) is 0 Å². The van der Waals surface area contributed by atoms with E-state index in [1.165, 1.54) is 24.6 Å². The van der Waals surface area contributed by atoms with Crippen molar-refractivity contribution >= 4 is 28.3 Å². The summed E-state index contributed by atoms with van der Waals surface area (Å²) in [5, 5.41) is 6.70. The number of amides is 1. The monoisotopic (exact) mass is 283 g/mol. The topological polar surface area (TPSA) is 80.3 Å². The third-order valence-electron chi connectivity index (χ3n) is 2.69. The molecule has 1 aromatic rings. The van der Waals surface area contributed by atoms with Crippen LogP contribution in [0.2, 0.25) is 0 Å². The van der Waals surface area contributed by atoms with Gasteiger partial charge in [0.2, 0.25) is 5.91 Å². The molecular formula is C12H17N3O3S. The van der Waals surface area contributed by atoms with Crippen molar-refractivity contribution in [1.82, 2.24) is 10.3 Å². The minimum Gasteiger partial charge on any atom is -0.465 e. The van der Waals surface area contributed by atoms with Gasteiger partial charge in [-0.15, -0.1) is 0 Å². The van der Waals surface area contributed by atoms with Crippen molar-refractivity contribution in [3.05, 3.63) is 11.1 Å². The first-order valence-corrected chi connectivity index (χ1v) is 7.08. The minimum atomic E-state index is -0.380. The van der Waals surface area contributed by atoms with Gasteiger partial charge >= 0.3 is 5.97 Å². The number of carbonyl (C=O) groups is 2. The molecule has 2 N–H and O–H groups in total. The van der Waals surface area contributed by atoms with Crippen LogP contribution in [0.3, 0.4) is 0 Å². The van der Waals surface area contributed by atoms with Crippen LogP contribution in [0.25, 0.3) is 0 Å². The SMILES string of the molecule is COC(=O)c1cnc(NCCCC(=O)NC2CC2)s1. The molecule has 19 heavy (non-hydrogen) atoms. The highest BCUT2D eigenvalue weighted by molar-refractivity contribution is 7.17. The number of nitrogens with zero attached hydrogens (tertiary/aromatic N) is 1. The third-order valence-corrected chi connectivity index (χ3v) is 3.63. The summed E-state index contributed by atoms with van der Waals surface area (Å²) in [7, 11) is 1.34. The smallest absolute Gasteiger partial charge is 0.349 e. The molecule has 1 aliphatic rings. The standard InChI is InChI=1S/C12H17N3O3S/c1-18-11(17)9-7-14-12(19-9)13-6-2-3-10(16)15-8-4-5-8/h7-8H,2-6H2,1H3,(H,13,14)(H,15,16). The van der Waals surface area contributed by atoms with Gasteiger partial charge in [-0.25, -0.2) is 9.78 Å². The maximum atomic E-state index is 11.4. The number of hydrogen-bond acceptors (Lipinski definition) is 6. The lowest BCUT2D eigenvalue weighted by Gasteiger charge is -2.03. The fraction of sp³-hybridized carbons (Fsp3) is 0.583. The number of anilines is 1. The van der Waals surface area contributed by atoms with Crippen LogP contribution in [0.15, 0.2) is 6.20 Å². The van der Waals surface area contributed by atoms with E-state index in [4.69, 9.17) is 0 Å². The molecule has 0 saturated heterocycles. The molecule has 104 valence electrons. The van der Waals surface area contributed by atoms with Gasteiger partial charge in [-0.05, 0) is 19.3 Å². The van der Waals surface area contributed by atoms with Crippen LogP contribution in [0.1, 0.15) is 35.4 Å². The predicted octanol–water partition coefficient (Wildman–Crippen LogP) is 1.40. The van der Waals surface area contributed by atoms with Crippen LogP contribution in [0, 0.1) is 0 Å². The van der Waals surface area contributed by atoms with E-state index in [1.54, 1.807) is 0 Å². The Morgan fingerprint density at radius 2 is 2.32 bits per heavy atom. The molecule has 1 aromatic heterocycles. The Kier molecular flexibility index (Phi) is 4.73. The summed E-state index contributed by atoms with van der Waals surface area (Å²) in [5.74, 6) is -0.270. The molecule has 1 aliphatic carbocycles. The largest absolute Gasteiger partial charge is 0.465 e. The average Bonchev–Trinajstić information content (AvgIpc) is 3.08. The summed E-state index contributed by atoms with van der Waals surface area (Å²) in [6.45, 7) is 0.659. The Balaban J connectivity index is 1.63. The molecule has 0 bridgehead atoms. The maximum absolute atomic E-state index is 11.4. The quantitative estimate of drug-likeness (QED) is 0.584. The molecule has 2 rings (SSSR count). The van der Waals surface area contributed by atoms with E-state index in [9.17, 15) is 9.59 Å². The summed E-state index contributed by atoms with van der Waals surface area (Å²) in [6.07, 6.45) is 4.96. The van der Waals surface area contributed by atoms with E-state index < -0.39 is 0 Å². The fourth-order valence-corrected chi connectivity index (χ4v) is 2.28. The third kappa shape index (κ3) is 4.51. The molecule has 0 atom stereocenters. The molecular weight excluding hydrogens is 266 g/mol. The van der Waals surface area contributed by atoms with Crippen molar-refractivity contribution < 1.29 is 14.3 Å². The van der Waals surface area contributed by atoms with Gasteiger partial charge in [0.1, 0.15) is 4.88 Å². The van der Waals surface area contributed by atoms with Gasteiger partial charge in [-0.2, -0.15) is 0 Å². The number of ether oxygens (including phenoxy) is 1. The Hall–Kier alpha value is -1.63. The van der Waals surface area contributed by atoms with E-state index in [0.29, 0.717) is 29.0 Å². The number of thiazole rings is 1. The normalized spacial score (nSPS) is 13.9. The summed E-state index contributed by atoms with van der Waals surface area (Å²) in [4.78, 5) is 27.2. The van der Waals surface area contributed by atoms with Gasteiger partial charge in [-0.1, -0.05) is 11.3 Å². The lowest BCUT2D eigenvalue weighted by Crippen LogP contribution is -2.25. The lowest BCUT2D eigenvalue weighted by atomic mass is 10.3. The number of carbonyl (C=O) groups excluding carboxylic acids is 2. The summed E-state index contributed by atoms with van der Waals surface area (Å²) in [6, 6.07) is 0.419. The highest BCUT2D eigenvalue weighted by Crippen LogP contribution is 2.19. The first-order valence-electron chi connectivity index (χ1n) is 6.26. The molecule has 7 heteroatoms. The fourth-order valence-electron chi connectivity index (χ4n) is 1.52. The van der Waals surface area contributed by atoms with Gasteiger partial charge in [0.15, 0.2) is 5.13 Å². The van der Waals surface area contributed by atoms with Gasteiger partial charge in [0.25, 0.3) is 0 Å². The zero-order chi connectivity index (χ0) is 13.7. The number of aromatic nitrogens is 1. The van der Waals surface area contributed by atoms with Crippen LogP contribution in [0.5, 0.6) is 0 Å². The molecule has 6 nitrogen and oxygen atoms in total. The lowest BCUT2D eigenvalue weighted by molar-refractivity contribution is -0.121. The van der Waals surface area contributed by atoms with Crippen LogP contribution < -0.4 is 10.6 Å². The summed E-state index contributed by atoms with van der Waals surface area (Å²) < 4.78 is 4.60. The van der Waals surface area contributed by atoms with E-state index in [0.717, 1.165) is 19.3 Å². The van der Waals surface area contributed by atoms with Gasteiger partial charge in [0.05, 0.1) is 13.3 Å². The molecule has 1 fully saturated rings. The maximum Gasteiger partial charge on any atom is 0.349 e. The van der Waals surface area contributed by atoms with Crippen molar-refractivity contribution in [2.45, 2.75) is 31.7 Å². The summed E-state index contributed by atoms with van der Waals surface area (Å²) in [5.41, 5.74) is 0. The highest BCUT2D eigenvalue weighted by atomic mass is 32.1. The molecule has 0 aromatic carbocycles. The molecule has 0 aliphatic heterocycles.